The topological polar surface area (TPSA) is 41.5 Å². The van der Waals surface area contributed by atoms with Gasteiger partial charge in [-0.1, -0.05) is 31.2 Å². The summed E-state index contributed by atoms with van der Waals surface area (Å²) in [6.07, 6.45) is 1.21. The Balaban J connectivity index is 0.00000288. The van der Waals surface area contributed by atoms with E-state index >= 15 is 0 Å². The van der Waals surface area contributed by atoms with Gasteiger partial charge >= 0.3 is 0 Å². The fourth-order valence-corrected chi connectivity index (χ4v) is 2.35. The molecule has 2 aromatic carbocycles. The van der Waals surface area contributed by atoms with Crippen molar-refractivity contribution in [3.8, 4) is 11.5 Å². The fourth-order valence-electron chi connectivity index (χ4n) is 2.35. The van der Waals surface area contributed by atoms with Crippen molar-refractivity contribution in [2.45, 2.75) is 25.8 Å². The zero-order chi connectivity index (χ0) is 16.7. The number of nitrogens with one attached hydrogen (secondary N) is 1. The van der Waals surface area contributed by atoms with Crippen LogP contribution in [0, 0.1) is 11.6 Å². The van der Waals surface area contributed by atoms with Crippen LogP contribution in [0.1, 0.15) is 31.4 Å². The van der Waals surface area contributed by atoms with Crippen molar-refractivity contribution in [3.05, 3.63) is 59.7 Å². The molecule has 0 aliphatic carbocycles. The van der Waals surface area contributed by atoms with E-state index in [0.717, 1.165) is 0 Å². The van der Waals surface area contributed by atoms with E-state index < -0.39 is 17.4 Å². The molecule has 1 atom stereocenters. The molecule has 24 heavy (non-hydrogen) atoms. The molecular formula is C18H22ClF2NO2. The lowest BCUT2D eigenvalue weighted by Gasteiger charge is -2.19. The molecule has 0 saturated carbocycles. The minimum Gasteiger partial charge on any atom is -0.451 e. The summed E-state index contributed by atoms with van der Waals surface area (Å²) in [5, 5.41) is 12.0. The van der Waals surface area contributed by atoms with E-state index in [-0.39, 0.29) is 25.1 Å². The number of benzene rings is 2. The molecule has 3 nitrogen and oxygen atoms in total. The van der Waals surface area contributed by atoms with Crippen molar-refractivity contribution in [2.75, 3.05) is 13.2 Å². The van der Waals surface area contributed by atoms with Gasteiger partial charge in [-0.05, 0) is 37.6 Å². The normalized spacial score (nSPS) is 11.7. The molecule has 0 aliphatic heterocycles. The van der Waals surface area contributed by atoms with Crippen molar-refractivity contribution in [1.29, 1.82) is 0 Å². The average Bonchev–Trinajstić information content (AvgIpc) is 2.57. The van der Waals surface area contributed by atoms with Gasteiger partial charge in [0, 0.05) is 18.2 Å². The second kappa shape index (κ2) is 10.2. The third kappa shape index (κ3) is 5.16. The minimum atomic E-state index is -0.736. The smallest absolute Gasteiger partial charge is 0.198 e. The molecule has 2 N–H and O–H groups in total. The summed E-state index contributed by atoms with van der Waals surface area (Å²) in [4.78, 5) is 0. The van der Waals surface area contributed by atoms with Gasteiger partial charge in [0.25, 0.3) is 0 Å². The largest absolute Gasteiger partial charge is 0.451 e. The number of rotatable bonds is 8. The Morgan fingerprint density at radius 2 is 1.83 bits per heavy atom. The molecule has 2 aromatic rings. The van der Waals surface area contributed by atoms with E-state index in [2.05, 4.69) is 5.32 Å². The summed E-state index contributed by atoms with van der Waals surface area (Å²) in [7, 11) is 0. The van der Waals surface area contributed by atoms with Crippen molar-refractivity contribution < 1.29 is 18.6 Å². The second-order valence-electron chi connectivity index (χ2n) is 5.19. The Bertz CT molecular complexity index is 626. The predicted octanol–water partition coefficient (Wildman–Crippen LogP) is 4.60. The quantitative estimate of drug-likeness (QED) is 0.678. The molecular weight excluding hydrogens is 336 g/mol. The minimum absolute atomic E-state index is 0. The highest BCUT2D eigenvalue weighted by atomic mass is 35.5. The van der Waals surface area contributed by atoms with Gasteiger partial charge in [-0.25, -0.2) is 8.78 Å². The lowest BCUT2D eigenvalue weighted by molar-refractivity contribution is 0.282. The van der Waals surface area contributed by atoms with Crippen LogP contribution in [0.25, 0.3) is 0 Å². The Kier molecular flexibility index (Phi) is 8.68. The maximum absolute atomic E-state index is 14.7. The van der Waals surface area contributed by atoms with Crippen LogP contribution in [0.2, 0.25) is 0 Å². The van der Waals surface area contributed by atoms with Crippen LogP contribution < -0.4 is 10.1 Å². The number of hydrogen-bond donors (Lipinski definition) is 2. The Morgan fingerprint density at radius 3 is 2.46 bits per heavy atom. The summed E-state index contributed by atoms with van der Waals surface area (Å²) in [6.45, 7) is 2.54. The van der Waals surface area contributed by atoms with E-state index in [1.807, 2.05) is 6.92 Å². The van der Waals surface area contributed by atoms with E-state index in [1.54, 1.807) is 30.3 Å². The van der Waals surface area contributed by atoms with Crippen LogP contribution in [0.4, 0.5) is 8.78 Å². The van der Waals surface area contributed by atoms with Crippen LogP contribution >= 0.6 is 12.4 Å². The molecule has 0 aliphatic rings. The van der Waals surface area contributed by atoms with Gasteiger partial charge in [-0.15, -0.1) is 12.4 Å². The maximum atomic E-state index is 14.7. The van der Waals surface area contributed by atoms with Gasteiger partial charge in [0.2, 0.25) is 0 Å². The highest BCUT2D eigenvalue weighted by Gasteiger charge is 2.21. The first kappa shape index (κ1) is 20.4. The molecule has 132 valence electrons. The van der Waals surface area contributed by atoms with E-state index in [1.165, 1.54) is 12.1 Å². The van der Waals surface area contributed by atoms with Gasteiger partial charge in [-0.2, -0.15) is 0 Å². The molecule has 6 heteroatoms. The SMILES string of the molecule is CCC(NCCCO)c1ccc(F)c(Oc2ccccc2)c1F.Cl. The monoisotopic (exact) mass is 357 g/mol. The molecule has 0 aromatic heterocycles. The zero-order valence-electron chi connectivity index (χ0n) is 13.5. The first-order chi connectivity index (χ1) is 11.2. The molecule has 1 unspecified atom stereocenters. The average molecular weight is 358 g/mol. The Morgan fingerprint density at radius 1 is 1.12 bits per heavy atom. The van der Waals surface area contributed by atoms with Crippen molar-refractivity contribution in [2.24, 2.45) is 0 Å². The van der Waals surface area contributed by atoms with Gasteiger partial charge in [0.15, 0.2) is 17.4 Å². The van der Waals surface area contributed by atoms with Gasteiger partial charge in [0.1, 0.15) is 5.75 Å². The lowest BCUT2D eigenvalue weighted by atomic mass is 10.0. The molecule has 0 radical (unpaired) electrons. The third-order valence-corrected chi connectivity index (χ3v) is 3.55. The fraction of sp³-hybridized carbons (Fsp3) is 0.333. The van der Waals surface area contributed by atoms with Crippen LogP contribution in [-0.2, 0) is 0 Å². The van der Waals surface area contributed by atoms with E-state index in [4.69, 9.17) is 9.84 Å². The van der Waals surface area contributed by atoms with Crippen LogP contribution in [-0.4, -0.2) is 18.3 Å². The summed E-state index contributed by atoms with van der Waals surface area (Å²) in [5.41, 5.74) is 0.359. The molecule has 0 fully saturated rings. The van der Waals surface area contributed by atoms with Gasteiger partial charge < -0.3 is 15.2 Å². The summed E-state index contributed by atoms with van der Waals surface area (Å²) in [5.74, 6) is -1.45. The highest BCUT2D eigenvalue weighted by molar-refractivity contribution is 5.85. The number of halogens is 3. The summed E-state index contributed by atoms with van der Waals surface area (Å²) in [6, 6.07) is 10.9. The zero-order valence-corrected chi connectivity index (χ0v) is 14.3. The first-order valence-corrected chi connectivity index (χ1v) is 7.72. The standard InChI is InChI=1S/C18H21F2NO2.ClH/c1-2-16(21-11-6-12-22)14-9-10-15(19)18(17(14)20)23-13-7-4-3-5-8-13;/h3-5,7-10,16,21-22H,2,6,11-12H2,1H3;1H. The molecule has 0 heterocycles. The summed E-state index contributed by atoms with van der Waals surface area (Å²) >= 11 is 0. The Labute approximate surface area is 147 Å². The first-order valence-electron chi connectivity index (χ1n) is 7.72. The number of para-hydroxylation sites is 1. The van der Waals surface area contributed by atoms with Gasteiger partial charge in [-0.3, -0.25) is 0 Å². The van der Waals surface area contributed by atoms with E-state index in [0.29, 0.717) is 30.7 Å². The third-order valence-electron chi connectivity index (χ3n) is 3.55. The molecule has 0 spiro atoms. The molecule has 0 saturated heterocycles. The summed E-state index contributed by atoms with van der Waals surface area (Å²) < 4.78 is 34.1. The van der Waals surface area contributed by atoms with Crippen molar-refractivity contribution in [1.82, 2.24) is 5.32 Å². The number of aliphatic hydroxyl groups is 1. The molecule has 0 amide bonds. The molecule has 0 bridgehead atoms. The second-order valence-corrected chi connectivity index (χ2v) is 5.19. The maximum Gasteiger partial charge on any atom is 0.198 e. The van der Waals surface area contributed by atoms with Gasteiger partial charge in [0.05, 0.1) is 0 Å². The number of aliphatic hydroxyl groups excluding tert-OH is 1. The van der Waals surface area contributed by atoms with Crippen LogP contribution in [0.5, 0.6) is 11.5 Å². The van der Waals surface area contributed by atoms with E-state index in [9.17, 15) is 8.78 Å². The number of hydrogen-bond acceptors (Lipinski definition) is 3. The van der Waals surface area contributed by atoms with Crippen LogP contribution in [0.3, 0.4) is 0 Å². The highest BCUT2D eigenvalue weighted by Crippen LogP contribution is 2.32. The van der Waals surface area contributed by atoms with Crippen molar-refractivity contribution in [3.63, 3.8) is 0 Å². The Hall–Kier alpha value is -1.69. The lowest BCUT2D eigenvalue weighted by Crippen LogP contribution is -2.23. The number of ether oxygens (including phenoxy) is 1. The van der Waals surface area contributed by atoms with Crippen LogP contribution in [0.15, 0.2) is 42.5 Å². The molecule has 2 rings (SSSR count). The predicted molar refractivity (Wildman–Crippen MR) is 92.9 cm³/mol. The van der Waals surface area contributed by atoms with Crippen molar-refractivity contribution >= 4 is 12.4 Å².